The van der Waals surface area contributed by atoms with Crippen molar-refractivity contribution in [3.63, 3.8) is 0 Å². The Morgan fingerprint density at radius 3 is 2.47 bits per heavy atom. The Morgan fingerprint density at radius 2 is 1.94 bits per heavy atom. The molecule has 17 heavy (non-hydrogen) atoms. The van der Waals surface area contributed by atoms with Crippen LogP contribution in [-0.2, 0) is 5.41 Å². The van der Waals surface area contributed by atoms with Crippen molar-refractivity contribution in [3.05, 3.63) is 11.7 Å². The van der Waals surface area contributed by atoms with E-state index >= 15 is 0 Å². The summed E-state index contributed by atoms with van der Waals surface area (Å²) in [5, 5.41) is 7.42. The van der Waals surface area contributed by atoms with Gasteiger partial charge in [-0.15, -0.1) is 0 Å². The van der Waals surface area contributed by atoms with Crippen LogP contribution in [0.1, 0.15) is 45.5 Å². The Labute approximate surface area is 103 Å². The predicted octanol–water partition coefficient (Wildman–Crippen LogP) is 1.33. The summed E-state index contributed by atoms with van der Waals surface area (Å²) in [6.45, 7) is 12.6. The van der Waals surface area contributed by atoms with E-state index in [0.29, 0.717) is 0 Å². The Bertz CT molecular complexity index is 363. The molecule has 0 spiro atoms. The average Bonchev–Trinajstić information content (AvgIpc) is 2.78. The summed E-state index contributed by atoms with van der Waals surface area (Å²) in [6, 6.07) is 0.209. The van der Waals surface area contributed by atoms with Gasteiger partial charge in [0.1, 0.15) is 0 Å². The molecule has 0 aliphatic carbocycles. The molecule has 1 fully saturated rings. The highest BCUT2D eigenvalue weighted by Gasteiger charge is 2.26. The first-order valence-electron chi connectivity index (χ1n) is 6.27. The Hall–Kier alpha value is -0.940. The standard InChI is InChI=1S/C12H22N4O/c1-9(16-7-5-13-6-8-16)10-14-11(15-17-10)12(2,3)4/h9,13H,5-8H2,1-4H3. The van der Waals surface area contributed by atoms with Gasteiger partial charge >= 0.3 is 0 Å². The molecule has 1 aromatic rings. The smallest absolute Gasteiger partial charge is 0.243 e. The monoisotopic (exact) mass is 238 g/mol. The minimum atomic E-state index is -0.0507. The van der Waals surface area contributed by atoms with Crippen LogP contribution < -0.4 is 5.32 Å². The van der Waals surface area contributed by atoms with E-state index in [4.69, 9.17) is 4.52 Å². The molecule has 0 saturated carbocycles. The molecule has 0 bridgehead atoms. The van der Waals surface area contributed by atoms with Crippen LogP contribution in [0, 0.1) is 0 Å². The van der Waals surface area contributed by atoms with Crippen molar-refractivity contribution >= 4 is 0 Å². The highest BCUT2D eigenvalue weighted by molar-refractivity contribution is 5.02. The lowest BCUT2D eigenvalue weighted by atomic mass is 9.96. The van der Waals surface area contributed by atoms with Crippen molar-refractivity contribution in [2.75, 3.05) is 26.2 Å². The van der Waals surface area contributed by atoms with Gasteiger partial charge < -0.3 is 9.84 Å². The number of aromatic nitrogens is 2. The summed E-state index contributed by atoms with van der Waals surface area (Å²) in [6.07, 6.45) is 0. The van der Waals surface area contributed by atoms with E-state index in [1.807, 2.05) is 0 Å². The Balaban J connectivity index is 2.08. The average molecular weight is 238 g/mol. The summed E-state index contributed by atoms with van der Waals surface area (Å²) in [5.74, 6) is 1.52. The predicted molar refractivity (Wildman–Crippen MR) is 65.9 cm³/mol. The zero-order valence-electron chi connectivity index (χ0n) is 11.2. The molecule has 1 unspecified atom stereocenters. The zero-order chi connectivity index (χ0) is 12.5. The van der Waals surface area contributed by atoms with Gasteiger partial charge in [-0.3, -0.25) is 4.90 Å². The maximum absolute atomic E-state index is 5.38. The fourth-order valence-electron chi connectivity index (χ4n) is 1.94. The van der Waals surface area contributed by atoms with Gasteiger partial charge in [0, 0.05) is 31.6 Å². The number of piperazine rings is 1. The minimum absolute atomic E-state index is 0.0507. The van der Waals surface area contributed by atoms with Gasteiger partial charge in [0.25, 0.3) is 0 Å². The van der Waals surface area contributed by atoms with Gasteiger partial charge in [-0.25, -0.2) is 0 Å². The third-order valence-corrected chi connectivity index (χ3v) is 3.17. The fourth-order valence-corrected chi connectivity index (χ4v) is 1.94. The van der Waals surface area contributed by atoms with Gasteiger partial charge in [-0.05, 0) is 6.92 Å². The SMILES string of the molecule is CC(c1nc(C(C)(C)C)no1)N1CCNCC1. The van der Waals surface area contributed by atoms with E-state index < -0.39 is 0 Å². The van der Waals surface area contributed by atoms with Gasteiger partial charge in [-0.2, -0.15) is 4.98 Å². The van der Waals surface area contributed by atoms with Crippen molar-refractivity contribution in [3.8, 4) is 0 Å². The lowest BCUT2D eigenvalue weighted by Gasteiger charge is -2.30. The maximum Gasteiger partial charge on any atom is 0.243 e. The molecular weight excluding hydrogens is 216 g/mol. The van der Waals surface area contributed by atoms with Crippen molar-refractivity contribution < 1.29 is 4.52 Å². The highest BCUT2D eigenvalue weighted by atomic mass is 16.5. The third kappa shape index (κ3) is 2.84. The molecule has 0 aromatic carbocycles. The first kappa shape index (κ1) is 12.5. The molecule has 1 aliphatic heterocycles. The lowest BCUT2D eigenvalue weighted by molar-refractivity contribution is 0.154. The fraction of sp³-hybridized carbons (Fsp3) is 0.833. The quantitative estimate of drug-likeness (QED) is 0.842. The van der Waals surface area contributed by atoms with E-state index in [0.717, 1.165) is 37.9 Å². The van der Waals surface area contributed by atoms with Crippen molar-refractivity contribution in [1.29, 1.82) is 0 Å². The molecule has 1 aliphatic rings. The van der Waals surface area contributed by atoms with Crippen molar-refractivity contribution in [2.45, 2.75) is 39.2 Å². The van der Waals surface area contributed by atoms with Crippen LogP contribution >= 0.6 is 0 Å². The summed E-state index contributed by atoms with van der Waals surface area (Å²) in [7, 11) is 0. The van der Waals surface area contributed by atoms with Crippen LogP contribution in [0.3, 0.4) is 0 Å². The zero-order valence-corrected chi connectivity index (χ0v) is 11.2. The number of nitrogens with zero attached hydrogens (tertiary/aromatic N) is 3. The molecule has 5 heteroatoms. The van der Waals surface area contributed by atoms with Crippen molar-refractivity contribution in [1.82, 2.24) is 20.4 Å². The van der Waals surface area contributed by atoms with Gasteiger partial charge in [0.2, 0.25) is 5.89 Å². The summed E-state index contributed by atoms with van der Waals surface area (Å²) in [4.78, 5) is 6.89. The largest absolute Gasteiger partial charge is 0.338 e. The van der Waals surface area contributed by atoms with Gasteiger partial charge in [0.15, 0.2) is 5.82 Å². The number of hydrogen-bond acceptors (Lipinski definition) is 5. The summed E-state index contributed by atoms with van der Waals surface area (Å²) >= 11 is 0. The van der Waals surface area contributed by atoms with Crippen LogP contribution in [0.5, 0.6) is 0 Å². The molecule has 5 nitrogen and oxygen atoms in total. The first-order chi connectivity index (χ1) is 7.98. The molecule has 0 radical (unpaired) electrons. The minimum Gasteiger partial charge on any atom is -0.338 e. The Morgan fingerprint density at radius 1 is 1.29 bits per heavy atom. The molecule has 1 saturated heterocycles. The molecule has 2 rings (SSSR count). The van der Waals surface area contributed by atoms with Crippen LogP contribution in [0.4, 0.5) is 0 Å². The van der Waals surface area contributed by atoms with E-state index in [2.05, 4.69) is 48.1 Å². The van der Waals surface area contributed by atoms with E-state index in [9.17, 15) is 0 Å². The Kier molecular flexibility index (Phi) is 3.49. The molecule has 1 N–H and O–H groups in total. The van der Waals surface area contributed by atoms with Gasteiger partial charge in [0.05, 0.1) is 6.04 Å². The second-order valence-corrected chi connectivity index (χ2v) is 5.67. The number of hydrogen-bond donors (Lipinski definition) is 1. The second-order valence-electron chi connectivity index (χ2n) is 5.67. The van der Waals surface area contributed by atoms with Crippen LogP contribution in [0.25, 0.3) is 0 Å². The molecule has 1 atom stereocenters. The lowest BCUT2D eigenvalue weighted by Crippen LogP contribution is -2.44. The van der Waals surface area contributed by atoms with E-state index in [1.165, 1.54) is 0 Å². The summed E-state index contributed by atoms with van der Waals surface area (Å²) in [5.41, 5.74) is -0.0507. The molecule has 0 amide bonds. The molecule has 1 aromatic heterocycles. The van der Waals surface area contributed by atoms with Crippen molar-refractivity contribution in [2.24, 2.45) is 0 Å². The van der Waals surface area contributed by atoms with E-state index in [-0.39, 0.29) is 11.5 Å². The van der Waals surface area contributed by atoms with E-state index in [1.54, 1.807) is 0 Å². The second kappa shape index (κ2) is 4.74. The van der Waals surface area contributed by atoms with Gasteiger partial charge in [-0.1, -0.05) is 25.9 Å². The highest BCUT2D eigenvalue weighted by Crippen LogP contribution is 2.23. The number of rotatable bonds is 2. The summed E-state index contributed by atoms with van der Waals surface area (Å²) < 4.78 is 5.38. The third-order valence-electron chi connectivity index (χ3n) is 3.17. The number of nitrogens with one attached hydrogen (secondary N) is 1. The normalized spacial score (nSPS) is 20.5. The molecule has 2 heterocycles. The van der Waals surface area contributed by atoms with Crippen LogP contribution in [-0.4, -0.2) is 41.2 Å². The first-order valence-corrected chi connectivity index (χ1v) is 6.27. The molecule has 96 valence electrons. The maximum atomic E-state index is 5.38. The topological polar surface area (TPSA) is 54.2 Å². The molecular formula is C12H22N4O. The van der Waals surface area contributed by atoms with Crippen LogP contribution in [0.2, 0.25) is 0 Å². The van der Waals surface area contributed by atoms with Crippen LogP contribution in [0.15, 0.2) is 4.52 Å².